The molecule has 0 saturated carbocycles. The highest BCUT2D eigenvalue weighted by Crippen LogP contribution is 2.19. The van der Waals surface area contributed by atoms with E-state index in [0.29, 0.717) is 6.61 Å². The summed E-state index contributed by atoms with van der Waals surface area (Å²) in [6.07, 6.45) is 0.999. The van der Waals surface area contributed by atoms with Crippen LogP contribution >= 0.6 is 0 Å². The Morgan fingerprint density at radius 3 is 3.00 bits per heavy atom. The molecule has 2 heterocycles. The minimum absolute atomic E-state index is 0.00798. The number of rotatable bonds is 2. The smallest absolute Gasteiger partial charge is 0.249 e. The van der Waals surface area contributed by atoms with Crippen LogP contribution in [0.4, 0.5) is 0 Å². The number of morpholine rings is 1. The zero-order valence-corrected chi connectivity index (χ0v) is 9.06. The first-order valence-corrected chi connectivity index (χ1v) is 5.40. The number of amides is 1. The lowest BCUT2D eigenvalue weighted by atomic mass is 10.1. The maximum Gasteiger partial charge on any atom is 0.249 e. The van der Waals surface area contributed by atoms with Gasteiger partial charge in [0.2, 0.25) is 5.91 Å². The lowest BCUT2D eigenvalue weighted by molar-refractivity contribution is -0.153. The van der Waals surface area contributed by atoms with Crippen LogP contribution in [0.3, 0.4) is 0 Å². The molecule has 0 aromatic carbocycles. The Labute approximate surface area is 89.6 Å². The van der Waals surface area contributed by atoms with E-state index in [4.69, 9.17) is 4.74 Å². The van der Waals surface area contributed by atoms with E-state index < -0.39 is 0 Å². The van der Waals surface area contributed by atoms with Gasteiger partial charge in [0, 0.05) is 12.6 Å². The van der Waals surface area contributed by atoms with Crippen molar-refractivity contribution in [2.24, 2.45) is 0 Å². The maximum absolute atomic E-state index is 11.7. The number of carbonyl (C=O) groups is 1. The number of likely N-dealkylation sites (N-methyl/N-ethyl adjacent to an activating group) is 1. The number of ether oxygens (including phenoxy) is 1. The molecule has 2 aliphatic rings. The molecule has 1 N–H and O–H groups in total. The molecule has 0 radical (unpaired) electrons. The normalized spacial score (nSPS) is 33.7. The van der Waals surface area contributed by atoms with Crippen molar-refractivity contribution in [3.8, 4) is 0 Å². The summed E-state index contributed by atoms with van der Waals surface area (Å²) in [6.45, 7) is 2.54. The Balaban J connectivity index is 2.05. The van der Waals surface area contributed by atoms with Crippen LogP contribution in [-0.4, -0.2) is 72.9 Å². The highest BCUT2D eigenvalue weighted by Gasteiger charge is 2.36. The number of hydrogen-bond donors (Lipinski definition) is 1. The van der Waals surface area contributed by atoms with Gasteiger partial charge in [0.05, 0.1) is 19.3 Å². The topological polar surface area (TPSA) is 53.0 Å². The lowest BCUT2D eigenvalue weighted by Gasteiger charge is -2.38. The molecule has 0 bridgehead atoms. The van der Waals surface area contributed by atoms with Crippen LogP contribution in [0.2, 0.25) is 0 Å². The van der Waals surface area contributed by atoms with Crippen molar-refractivity contribution in [2.75, 3.05) is 40.0 Å². The van der Waals surface area contributed by atoms with Gasteiger partial charge in [-0.2, -0.15) is 0 Å². The second-order valence-electron chi connectivity index (χ2n) is 4.36. The summed E-state index contributed by atoms with van der Waals surface area (Å²) in [5, 5.41) is 9.22. The summed E-state index contributed by atoms with van der Waals surface area (Å²) < 4.78 is 5.14. The van der Waals surface area contributed by atoms with E-state index in [0.717, 1.165) is 19.5 Å². The quantitative estimate of drug-likeness (QED) is 0.634. The lowest BCUT2D eigenvalue weighted by Crippen LogP contribution is -2.56. The van der Waals surface area contributed by atoms with Crippen LogP contribution < -0.4 is 0 Å². The highest BCUT2D eigenvalue weighted by atomic mass is 16.5. The van der Waals surface area contributed by atoms with Crippen molar-refractivity contribution in [2.45, 2.75) is 18.5 Å². The molecule has 86 valence electrons. The van der Waals surface area contributed by atoms with Crippen LogP contribution in [0.5, 0.6) is 0 Å². The molecule has 2 fully saturated rings. The minimum Gasteiger partial charge on any atom is -0.394 e. The van der Waals surface area contributed by atoms with Crippen LogP contribution in [-0.2, 0) is 9.53 Å². The Kier molecular flexibility index (Phi) is 3.23. The SMILES string of the molecule is CN1CCC(N2C(=O)COCC2CO)C1. The third-order valence-corrected chi connectivity index (χ3v) is 3.19. The van der Waals surface area contributed by atoms with Crippen LogP contribution in [0.15, 0.2) is 0 Å². The Morgan fingerprint density at radius 1 is 1.60 bits per heavy atom. The summed E-state index contributed by atoms with van der Waals surface area (Å²) >= 11 is 0. The summed E-state index contributed by atoms with van der Waals surface area (Å²) in [7, 11) is 2.05. The van der Waals surface area contributed by atoms with E-state index in [-0.39, 0.29) is 31.2 Å². The molecular weight excluding hydrogens is 196 g/mol. The molecule has 1 amide bonds. The number of nitrogens with zero attached hydrogens (tertiary/aromatic N) is 2. The van der Waals surface area contributed by atoms with Crippen LogP contribution in [0, 0.1) is 0 Å². The van der Waals surface area contributed by atoms with Crippen molar-refractivity contribution in [3.05, 3.63) is 0 Å². The fourth-order valence-corrected chi connectivity index (χ4v) is 2.42. The summed E-state index contributed by atoms with van der Waals surface area (Å²) in [5.74, 6) is 0.0144. The van der Waals surface area contributed by atoms with E-state index in [2.05, 4.69) is 11.9 Å². The fraction of sp³-hybridized carbons (Fsp3) is 0.900. The van der Waals surface area contributed by atoms with E-state index >= 15 is 0 Å². The molecule has 15 heavy (non-hydrogen) atoms. The van der Waals surface area contributed by atoms with Gasteiger partial charge < -0.3 is 19.6 Å². The molecule has 2 saturated heterocycles. The van der Waals surface area contributed by atoms with E-state index in [9.17, 15) is 9.90 Å². The maximum atomic E-state index is 11.7. The molecule has 2 rings (SSSR count). The van der Waals surface area contributed by atoms with Crippen LogP contribution in [0.25, 0.3) is 0 Å². The first kappa shape index (κ1) is 10.9. The first-order valence-electron chi connectivity index (χ1n) is 5.40. The largest absolute Gasteiger partial charge is 0.394 e. The standard InChI is InChI=1S/C10H18N2O3/c1-11-3-2-8(4-11)12-9(5-13)6-15-7-10(12)14/h8-9,13H,2-7H2,1H3. The van der Waals surface area contributed by atoms with Crippen molar-refractivity contribution in [1.29, 1.82) is 0 Å². The zero-order valence-electron chi connectivity index (χ0n) is 9.06. The molecule has 0 aliphatic carbocycles. The van der Waals surface area contributed by atoms with Crippen molar-refractivity contribution >= 4 is 5.91 Å². The van der Waals surface area contributed by atoms with Gasteiger partial charge in [0.1, 0.15) is 6.61 Å². The van der Waals surface area contributed by atoms with Gasteiger partial charge in [-0.3, -0.25) is 4.79 Å². The number of aliphatic hydroxyl groups is 1. The van der Waals surface area contributed by atoms with Gasteiger partial charge in [-0.05, 0) is 20.0 Å². The third-order valence-electron chi connectivity index (χ3n) is 3.19. The molecule has 2 unspecified atom stereocenters. The van der Waals surface area contributed by atoms with Gasteiger partial charge in [-0.15, -0.1) is 0 Å². The molecule has 2 atom stereocenters. The van der Waals surface area contributed by atoms with E-state index in [1.807, 2.05) is 4.90 Å². The number of hydrogen-bond acceptors (Lipinski definition) is 4. The Hall–Kier alpha value is -0.650. The summed E-state index contributed by atoms with van der Waals surface area (Å²) in [6, 6.07) is 0.103. The van der Waals surface area contributed by atoms with E-state index in [1.54, 1.807) is 0 Å². The summed E-state index contributed by atoms with van der Waals surface area (Å²) in [5.41, 5.74) is 0. The van der Waals surface area contributed by atoms with Gasteiger partial charge in [-0.1, -0.05) is 0 Å². The van der Waals surface area contributed by atoms with Gasteiger partial charge in [0.15, 0.2) is 0 Å². The van der Waals surface area contributed by atoms with Gasteiger partial charge in [-0.25, -0.2) is 0 Å². The molecular formula is C10H18N2O3. The average Bonchev–Trinajstić information content (AvgIpc) is 2.64. The first-order chi connectivity index (χ1) is 7.22. The molecule has 5 nitrogen and oxygen atoms in total. The average molecular weight is 214 g/mol. The monoisotopic (exact) mass is 214 g/mol. The van der Waals surface area contributed by atoms with Crippen molar-refractivity contribution < 1.29 is 14.6 Å². The fourth-order valence-electron chi connectivity index (χ4n) is 2.42. The zero-order chi connectivity index (χ0) is 10.8. The second kappa shape index (κ2) is 4.47. The van der Waals surface area contributed by atoms with Gasteiger partial charge >= 0.3 is 0 Å². The predicted octanol–water partition coefficient (Wildman–Crippen LogP) is -1.09. The molecule has 2 aliphatic heterocycles. The number of likely N-dealkylation sites (tertiary alicyclic amines) is 1. The molecule has 0 aromatic rings. The number of aliphatic hydroxyl groups excluding tert-OH is 1. The minimum atomic E-state index is -0.150. The number of carbonyl (C=O) groups excluding carboxylic acids is 1. The molecule has 0 spiro atoms. The second-order valence-corrected chi connectivity index (χ2v) is 4.36. The predicted molar refractivity (Wildman–Crippen MR) is 54.4 cm³/mol. The van der Waals surface area contributed by atoms with Crippen LogP contribution in [0.1, 0.15) is 6.42 Å². The molecule has 0 aromatic heterocycles. The Morgan fingerprint density at radius 2 is 2.40 bits per heavy atom. The summed E-state index contributed by atoms with van der Waals surface area (Å²) in [4.78, 5) is 15.8. The Bertz CT molecular complexity index is 247. The van der Waals surface area contributed by atoms with Gasteiger partial charge in [0.25, 0.3) is 0 Å². The van der Waals surface area contributed by atoms with Crippen molar-refractivity contribution in [3.63, 3.8) is 0 Å². The third kappa shape index (κ3) is 2.14. The highest BCUT2D eigenvalue weighted by molar-refractivity contribution is 5.78. The van der Waals surface area contributed by atoms with Crippen molar-refractivity contribution in [1.82, 2.24) is 9.80 Å². The molecule has 5 heteroatoms. The van der Waals surface area contributed by atoms with E-state index in [1.165, 1.54) is 0 Å².